The van der Waals surface area contributed by atoms with Crippen LogP contribution in [0.1, 0.15) is 6.42 Å². The highest BCUT2D eigenvalue weighted by Crippen LogP contribution is 2.35. The van der Waals surface area contributed by atoms with Crippen molar-refractivity contribution in [3.63, 3.8) is 0 Å². The average Bonchev–Trinajstić information content (AvgIpc) is 2.58. The molecule has 0 spiro atoms. The van der Waals surface area contributed by atoms with Crippen LogP contribution in [0, 0.1) is 0 Å². The zero-order valence-corrected chi connectivity index (χ0v) is 16.0. The minimum absolute atomic E-state index is 0.0372. The first kappa shape index (κ1) is 19.0. The zero-order valence-electron chi connectivity index (χ0n) is 12.8. The number of hydrogen-bond donors (Lipinski definition) is 1. The Labute approximate surface area is 154 Å². The largest absolute Gasteiger partial charge is 0.492 e. The van der Waals surface area contributed by atoms with E-state index in [2.05, 4.69) is 20.9 Å². The second kappa shape index (κ2) is 8.15. The molecule has 24 heavy (non-hydrogen) atoms. The lowest BCUT2D eigenvalue weighted by molar-refractivity contribution is 0.231. The molecule has 1 aromatic carbocycles. The summed E-state index contributed by atoms with van der Waals surface area (Å²) >= 11 is 9.28. The summed E-state index contributed by atoms with van der Waals surface area (Å²) in [5, 5.41) is 9.19. The third kappa shape index (κ3) is 4.18. The molecule has 0 aliphatic rings. The first-order valence-corrected chi connectivity index (χ1v) is 9.61. The summed E-state index contributed by atoms with van der Waals surface area (Å²) in [7, 11) is -2.49. The Balaban J connectivity index is 2.46. The molecule has 2 aromatic rings. The van der Waals surface area contributed by atoms with Gasteiger partial charge in [-0.2, -0.15) is 0 Å². The molecule has 0 amide bonds. The van der Waals surface area contributed by atoms with Gasteiger partial charge in [0.15, 0.2) is 0 Å². The van der Waals surface area contributed by atoms with Crippen molar-refractivity contribution in [3.8, 4) is 5.75 Å². The van der Waals surface area contributed by atoms with Crippen molar-refractivity contribution in [2.75, 3.05) is 24.6 Å². The Morgan fingerprint density at radius 1 is 1.38 bits per heavy atom. The topological polar surface area (TPSA) is 79.7 Å². The smallest absolute Gasteiger partial charge is 0.268 e. The fraction of sp³-hybridized carbons (Fsp3) is 0.267. The highest BCUT2D eigenvalue weighted by Gasteiger charge is 2.27. The number of hydrogen-bond acceptors (Lipinski definition) is 5. The molecule has 1 aromatic heterocycles. The van der Waals surface area contributed by atoms with Crippen molar-refractivity contribution in [1.82, 2.24) is 4.98 Å². The van der Waals surface area contributed by atoms with E-state index in [-0.39, 0.29) is 29.7 Å². The minimum atomic E-state index is -3.90. The molecule has 1 N–H and O–H groups in total. The third-order valence-electron chi connectivity index (χ3n) is 3.16. The maximum Gasteiger partial charge on any atom is 0.268 e. The van der Waals surface area contributed by atoms with E-state index in [1.54, 1.807) is 18.2 Å². The summed E-state index contributed by atoms with van der Waals surface area (Å²) < 4.78 is 32.9. The van der Waals surface area contributed by atoms with Crippen LogP contribution in [-0.2, 0) is 10.0 Å². The van der Waals surface area contributed by atoms with Crippen LogP contribution >= 0.6 is 27.5 Å². The van der Waals surface area contributed by atoms with Gasteiger partial charge in [0, 0.05) is 36.8 Å². The van der Waals surface area contributed by atoms with E-state index in [1.165, 1.54) is 25.4 Å². The summed E-state index contributed by atoms with van der Waals surface area (Å²) in [6.07, 6.45) is 1.89. The van der Waals surface area contributed by atoms with Gasteiger partial charge in [0.05, 0.1) is 11.6 Å². The minimum Gasteiger partial charge on any atom is -0.492 e. The highest BCUT2D eigenvalue weighted by molar-refractivity contribution is 9.10. The van der Waals surface area contributed by atoms with Crippen LogP contribution in [0.4, 0.5) is 5.82 Å². The molecule has 0 saturated heterocycles. The van der Waals surface area contributed by atoms with Crippen molar-refractivity contribution >= 4 is 43.4 Å². The Bertz CT molecular complexity index is 803. The number of aliphatic hydroxyl groups excluding tert-OH is 1. The summed E-state index contributed by atoms with van der Waals surface area (Å²) in [6.45, 7) is 0.116. The average molecular weight is 436 g/mol. The summed E-state index contributed by atoms with van der Waals surface area (Å²) in [4.78, 5) is 4.01. The molecule has 0 aliphatic carbocycles. The van der Waals surface area contributed by atoms with E-state index in [1.807, 2.05) is 0 Å². The first-order chi connectivity index (χ1) is 11.4. The van der Waals surface area contributed by atoms with Gasteiger partial charge in [-0.15, -0.1) is 0 Å². The van der Waals surface area contributed by atoms with Crippen molar-refractivity contribution in [2.45, 2.75) is 11.3 Å². The number of halogens is 2. The summed E-state index contributed by atoms with van der Waals surface area (Å²) in [5.74, 6) is 0.407. The van der Waals surface area contributed by atoms with Gasteiger partial charge in [-0.1, -0.05) is 17.7 Å². The second-order valence-corrected chi connectivity index (χ2v) is 8.00. The monoisotopic (exact) mass is 434 g/mol. The van der Waals surface area contributed by atoms with Gasteiger partial charge in [-0.3, -0.25) is 4.31 Å². The quantitative estimate of drug-likeness (QED) is 0.676. The van der Waals surface area contributed by atoms with E-state index >= 15 is 0 Å². The van der Waals surface area contributed by atoms with E-state index in [4.69, 9.17) is 21.4 Å². The van der Waals surface area contributed by atoms with Crippen LogP contribution in [0.15, 0.2) is 45.9 Å². The molecule has 0 aliphatic heterocycles. The number of ether oxygens (including phenoxy) is 1. The van der Waals surface area contributed by atoms with Crippen LogP contribution in [0.3, 0.4) is 0 Å². The number of nitrogens with zero attached hydrogens (tertiary/aromatic N) is 2. The molecule has 0 atom stereocenters. The van der Waals surface area contributed by atoms with E-state index < -0.39 is 10.0 Å². The number of benzene rings is 1. The van der Waals surface area contributed by atoms with Gasteiger partial charge in [0.25, 0.3) is 10.0 Å². The van der Waals surface area contributed by atoms with Gasteiger partial charge in [-0.05, 0) is 34.1 Å². The standard InChI is InChI=1S/C15H16BrClN2O4S/c1-19(15-5-2-3-6-18-15)24(21,22)14-9-11(16)12(17)10-13(14)23-8-4-7-20/h2-3,5-6,9-10,20H,4,7-8H2,1H3. The molecule has 6 nitrogen and oxygen atoms in total. The van der Waals surface area contributed by atoms with Gasteiger partial charge in [0.1, 0.15) is 16.5 Å². The maximum atomic E-state index is 12.9. The van der Waals surface area contributed by atoms with Crippen molar-refractivity contribution in [1.29, 1.82) is 0 Å². The van der Waals surface area contributed by atoms with Crippen LogP contribution < -0.4 is 9.04 Å². The van der Waals surface area contributed by atoms with Crippen LogP contribution in [0.25, 0.3) is 0 Å². The van der Waals surface area contributed by atoms with Gasteiger partial charge >= 0.3 is 0 Å². The van der Waals surface area contributed by atoms with Crippen LogP contribution in [0.2, 0.25) is 5.02 Å². The lowest BCUT2D eigenvalue weighted by Gasteiger charge is -2.21. The summed E-state index contributed by atoms with van der Waals surface area (Å²) in [5.41, 5.74) is 0. The highest BCUT2D eigenvalue weighted by atomic mass is 79.9. The fourth-order valence-electron chi connectivity index (χ4n) is 1.88. The van der Waals surface area contributed by atoms with Crippen molar-refractivity contribution < 1.29 is 18.3 Å². The normalized spacial score (nSPS) is 11.3. The molecule has 0 fully saturated rings. The molecule has 130 valence electrons. The van der Waals surface area contributed by atoms with E-state index in [9.17, 15) is 8.42 Å². The van der Waals surface area contributed by atoms with Crippen LogP contribution in [0.5, 0.6) is 5.75 Å². The molecule has 2 rings (SSSR count). The van der Waals surface area contributed by atoms with Gasteiger partial charge in [0.2, 0.25) is 0 Å². The maximum absolute atomic E-state index is 12.9. The third-order valence-corrected chi connectivity index (χ3v) is 6.14. The number of sulfonamides is 1. The van der Waals surface area contributed by atoms with Gasteiger partial charge < -0.3 is 9.84 Å². The zero-order chi connectivity index (χ0) is 17.7. The van der Waals surface area contributed by atoms with Gasteiger partial charge in [-0.25, -0.2) is 13.4 Å². The second-order valence-electron chi connectivity index (χ2n) is 4.80. The Morgan fingerprint density at radius 3 is 2.75 bits per heavy atom. The summed E-state index contributed by atoms with van der Waals surface area (Å²) in [6, 6.07) is 7.82. The van der Waals surface area contributed by atoms with Crippen molar-refractivity contribution in [3.05, 3.63) is 46.0 Å². The van der Waals surface area contributed by atoms with E-state index in [0.717, 1.165) is 4.31 Å². The number of pyridine rings is 1. The molecule has 0 unspecified atom stereocenters. The predicted octanol–water partition coefficient (Wildman–Crippen LogP) is 3.08. The van der Waals surface area contributed by atoms with E-state index in [0.29, 0.717) is 15.9 Å². The lowest BCUT2D eigenvalue weighted by Crippen LogP contribution is -2.28. The lowest BCUT2D eigenvalue weighted by atomic mass is 10.3. The number of aromatic nitrogens is 1. The molecule has 0 bridgehead atoms. The molecule has 0 radical (unpaired) electrons. The predicted molar refractivity (Wildman–Crippen MR) is 96.2 cm³/mol. The Morgan fingerprint density at radius 2 is 2.12 bits per heavy atom. The SMILES string of the molecule is CN(c1ccccn1)S(=O)(=O)c1cc(Br)c(Cl)cc1OCCCO. The number of anilines is 1. The van der Waals surface area contributed by atoms with Crippen molar-refractivity contribution in [2.24, 2.45) is 0 Å². The molecular formula is C15H16BrClN2O4S. The first-order valence-electron chi connectivity index (χ1n) is 7.00. The number of aliphatic hydroxyl groups is 1. The van der Waals surface area contributed by atoms with Crippen LogP contribution in [-0.4, -0.2) is 38.8 Å². The molecule has 9 heteroatoms. The molecular weight excluding hydrogens is 420 g/mol. The Kier molecular flexibility index (Phi) is 6.45. The fourth-order valence-corrected chi connectivity index (χ4v) is 3.82. The Hall–Kier alpha value is -1.35. The number of rotatable bonds is 7. The molecule has 0 saturated carbocycles. The molecule has 1 heterocycles.